The Morgan fingerprint density at radius 1 is 1.02 bits per heavy atom. The number of carbonyl (C=O) groups is 5. The molecule has 0 bridgehead atoms. The first-order valence-corrected chi connectivity index (χ1v) is 17.2. The van der Waals surface area contributed by atoms with Crippen molar-refractivity contribution in [3.63, 3.8) is 0 Å². The van der Waals surface area contributed by atoms with Crippen molar-refractivity contribution in [2.45, 2.75) is 82.5 Å². The number of ether oxygens (including phenoxy) is 1. The molecule has 49 heavy (non-hydrogen) atoms. The van der Waals surface area contributed by atoms with Gasteiger partial charge in [0.25, 0.3) is 5.91 Å². The van der Waals surface area contributed by atoms with Crippen LogP contribution in [0.5, 0.6) is 0 Å². The van der Waals surface area contributed by atoms with Crippen LogP contribution < -0.4 is 10.6 Å². The molecule has 0 unspecified atom stereocenters. The number of alkyl carbamates (subject to hydrolysis) is 1. The molecule has 0 spiro atoms. The second-order valence-corrected chi connectivity index (χ2v) is 14.7. The minimum atomic E-state index is -1.45. The van der Waals surface area contributed by atoms with Crippen LogP contribution in [-0.2, 0) is 19.1 Å². The number of carboxylic acids is 1. The third-order valence-corrected chi connectivity index (χ3v) is 10.1. The van der Waals surface area contributed by atoms with Crippen LogP contribution in [-0.4, -0.2) is 92.5 Å². The minimum absolute atomic E-state index is 0.179. The number of carbonyl (C=O) groups excluding carboxylic acids is 4. The largest absolute Gasteiger partial charge is 0.479 e. The number of nitrogens with zero attached hydrogens (tertiary/aromatic N) is 3. The highest BCUT2D eigenvalue weighted by atomic mass is 16.6. The molecule has 12 nitrogen and oxygen atoms in total. The number of nitrogens with one attached hydrogen (secondary N) is 2. The van der Waals surface area contributed by atoms with E-state index >= 15 is 0 Å². The van der Waals surface area contributed by atoms with Crippen molar-refractivity contribution < 1.29 is 33.8 Å². The molecule has 4 aliphatic rings. The van der Waals surface area contributed by atoms with Crippen LogP contribution in [0.25, 0.3) is 11.1 Å². The summed E-state index contributed by atoms with van der Waals surface area (Å²) in [7, 11) is 0. The van der Waals surface area contributed by atoms with Crippen molar-refractivity contribution >= 4 is 29.8 Å². The molecule has 1 aliphatic carbocycles. The molecule has 1 saturated carbocycles. The van der Waals surface area contributed by atoms with Gasteiger partial charge in [0.15, 0.2) is 0 Å². The third kappa shape index (κ3) is 7.33. The summed E-state index contributed by atoms with van der Waals surface area (Å²) in [6, 6.07) is 11.3. The molecular formula is C37H45N5O7. The van der Waals surface area contributed by atoms with E-state index in [-0.39, 0.29) is 42.9 Å². The van der Waals surface area contributed by atoms with Crippen LogP contribution in [0.15, 0.2) is 60.8 Å². The zero-order valence-corrected chi connectivity index (χ0v) is 28.3. The van der Waals surface area contributed by atoms with Crippen LogP contribution in [0, 0.1) is 17.8 Å². The van der Waals surface area contributed by atoms with E-state index in [1.165, 1.54) is 4.90 Å². The van der Waals surface area contributed by atoms with Gasteiger partial charge in [-0.3, -0.25) is 19.4 Å². The minimum Gasteiger partial charge on any atom is -0.479 e. The number of benzene rings is 1. The molecule has 3 aliphatic heterocycles. The highest BCUT2D eigenvalue weighted by Crippen LogP contribution is 2.46. The molecule has 1 aromatic carbocycles. The summed E-state index contributed by atoms with van der Waals surface area (Å²) in [5.74, 6) is -3.42. The number of hydrogen-bond acceptors (Lipinski definition) is 7. The Hall–Kier alpha value is -4.74. The maximum absolute atomic E-state index is 14.3. The van der Waals surface area contributed by atoms with E-state index < -0.39 is 53.0 Å². The first kappa shape index (κ1) is 34.1. The van der Waals surface area contributed by atoms with Gasteiger partial charge in [0.1, 0.15) is 28.9 Å². The number of likely N-dealkylation sites (tertiary alicyclic amines) is 1. The fourth-order valence-electron chi connectivity index (χ4n) is 7.51. The SMILES string of the molecule is CC(C)(C)OC(=O)N[C@@H]1CCCCC/C=C\[C@H]2C[C@@]2(C(=O)O)NC(=O)[C@@H]2[C@H]3CN(C(=O)c4cc(-c5ccccc5)ccn4)C[C@H]3CN2C1=O. The van der Waals surface area contributed by atoms with Crippen LogP contribution in [0.3, 0.4) is 0 Å². The van der Waals surface area contributed by atoms with Gasteiger partial charge in [0.2, 0.25) is 11.8 Å². The van der Waals surface area contributed by atoms with E-state index in [1.807, 2.05) is 48.6 Å². The lowest BCUT2D eigenvalue weighted by Crippen LogP contribution is -2.58. The van der Waals surface area contributed by atoms with E-state index in [9.17, 15) is 29.1 Å². The van der Waals surface area contributed by atoms with Crippen LogP contribution in [0.1, 0.15) is 69.8 Å². The molecule has 1 aromatic heterocycles. The number of amides is 4. The quantitative estimate of drug-likeness (QED) is 0.412. The average Bonchev–Trinajstić information content (AvgIpc) is 3.41. The molecule has 260 valence electrons. The summed E-state index contributed by atoms with van der Waals surface area (Å²) in [5, 5.41) is 15.8. The van der Waals surface area contributed by atoms with Crippen molar-refractivity contribution in [1.29, 1.82) is 0 Å². The molecular weight excluding hydrogens is 626 g/mol. The number of hydrogen-bond donors (Lipinski definition) is 3. The zero-order chi connectivity index (χ0) is 34.9. The highest BCUT2D eigenvalue weighted by molar-refractivity contribution is 5.97. The maximum Gasteiger partial charge on any atom is 0.408 e. The highest BCUT2D eigenvalue weighted by Gasteiger charge is 2.62. The number of rotatable bonds is 4. The number of carboxylic acid groups (broad SMARTS) is 1. The molecule has 0 radical (unpaired) electrons. The molecule has 4 amide bonds. The van der Waals surface area contributed by atoms with Crippen molar-refractivity contribution in [3.8, 4) is 11.1 Å². The van der Waals surface area contributed by atoms with Gasteiger partial charge in [0, 0.05) is 43.6 Å². The van der Waals surface area contributed by atoms with Gasteiger partial charge in [-0.15, -0.1) is 0 Å². The number of aromatic nitrogens is 1. The first-order valence-electron chi connectivity index (χ1n) is 17.2. The van der Waals surface area contributed by atoms with E-state index in [4.69, 9.17) is 4.74 Å². The van der Waals surface area contributed by atoms with Gasteiger partial charge in [-0.25, -0.2) is 9.59 Å². The van der Waals surface area contributed by atoms with Gasteiger partial charge in [-0.1, -0.05) is 55.3 Å². The first-order chi connectivity index (χ1) is 23.4. The van der Waals surface area contributed by atoms with E-state index in [2.05, 4.69) is 15.6 Å². The van der Waals surface area contributed by atoms with Crippen molar-refractivity contribution in [2.75, 3.05) is 19.6 Å². The van der Waals surface area contributed by atoms with E-state index in [0.717, 1.165) is 30.4 Å². The van der Waals surface area contributed by atoms with Gasteiger partial charge < -0.3 is 30.3 Å². The van der Waals surface area contributed by atoms with Crippen LogP contribution in [0.4, 0.5) is 4.79 Å². The van der Waals surface area contributed by atoms with Gasteiger partial charge >= 0.3 is 12.1 Å². The Balaban J connectivity index is 1.27. The van der Waals surface area contributed by atoms with E-state index in [0.29, 0.717) is 19.4 Å². The Labute approximate surface area is 286 Å². The molecule has 2 saturated heterocycles. The molecule has 6 atom stereocenters. The summed E-state index contributed by atoms with van der Waals surface area (Å²) in [6.07, 6.45) is 8.38. The summed E-state index contributed by atoms with van der Waals surface area (Å²) in [5.41, 5.74) is -0.144. The fourth-order valence-corrected chi connectivity index (χ4v) is 7.51. The average molecular weight is 672 g/mol. The molecule has 4 heterocycles. The summed E-state index contributed by atoms with van der Waals surface area (Å²) >= 11 is 0. The van der Waals surface area contributed by atoms with Crippen LogP contribution >= 0.6 is 0 Å². The van der Waals surface area contributed by atoms with Crippen molar-refractivity contribution in [1.82, 2.24) is 25.4 Å². The Morgan fingerprint density at radius 3 is 2.53 bits per heavy atom. The monoisotopic (exact) mass is 671 g/mol. The lowest BCUT2D eigenvalue weighted by Gasteiger charge is -2.33. The number of allylic oxidation sites excluding steroid dienone is 1. The Bertz CT molecular complexity index is 1640. The zero-order valence-electron chi connectivity index (χ0n) is 28.3. The second kappa shape index (κ2) is 13.6. The van der Waals surface area contributed by atoms with Crippen LogP contribution in [0.2, 0.25) is 0 Å². The van der Waals surface area contributed by atoms with Gasteiger partial charge in [-0.05, 0) is 69.7 Å². The smallest absolute Gasteiger partial charge is 0.408 e. The predicted molar refractivity (Wildman–Crippen MR) is 180 cm³/mol. The maximum atomic E-state index is 14.3. The predicted octanol–water partition coefficient (Wildman–Crippen LogP) is 4.02. The topological polar surface area (TPSA) is 158 Å². The van der Waals surface area contributed by atoms with E-state index in [1.54, 1.807) is 37.9 Å². The van der Waals surface area contributed by atoms with Crippen molar-refractivity contribution in [3.05, 3.63) is 66.5 Å². The second-order valence-electron chi connectivity index (χ2n) is 14.7. The van der Waals surface area contributed by atoms with Crippen molar-refractivity contribution in [2.24, 2.45) is 17.8 Å². The van der Waals surface area contributed by atoms with Gasteiger partial charge in [0.05, 0.1) is 0 Å². The third-order valence-electron chi connectivity index (χ3n) is 10.1. The molecule has 2 aromatic rings. The summed E-state index contributed by atoms with van der Waals surface area (Å²) < 4.78 is 5.48. The Kier molecular flexibility index (Phi) is 9.50. The standard InChI is InChI=1S/C37H45N5O7/c1-36(2,3)49-35(48)39-28-15-11-6-4-5-10-14-26-19-37(26,34(46)47)40-31(43)30-27-22-41(20-25(27)21-42(30)33(28)45)32(44)29-18-24(16-17-38-29)23-12-8-7-9-13-23/h7-10,12-14,16-18,25-28,30H,4-6,11,15,19-22H2,1-3H3,(H,39,48)(H,40,43)(H,46,47)/b14-10-/t25-,26-,27-,28+,30-,37+/m0/s1. The molecule has 3 N–H and O–H groups in total. The normalized spacial score (nSPS) is 29.3. The number of fused-ring (bicyclic) bond motifs is 4. The molecule has 6 rings (SSSR count). The number of aliphatic carboxylic acids is 1. The Morgan fingerprint density at radius 2 is 1.80 bits per heavy atom. The molecule has 3 fully saturated rings. The lowest BCUT2D eigenvalue weighted by molar-refractivity contribution is -0.146. The lowest BCUT2D eigenvalue weighted by atomic mass is 9.93. The fraction of sp³-hybridized carbons (Fsp3) is 0.514. The number of pyridine rings is 1. The summed E-state index contributed by atoms with van der Waals surface area (Å²) in [6.45, 7) is 5.89. The molecule has 12 heteroatoms. The van der Waals surface area contributed by atoms with Gasteiger partial charge in [-0.2, -0.15) is 0 Å². The summed E-state index contributed by atoms with van der Waals surface area (Å²) in [4.78, 5) is 75.2.